The summed E-state index contributed by atoms with van der Waals surface area (Å²) >= 11 is 0. The van der Waals surface area contributed by atoms with E-state index >= 15 is 0 Å². The Balaban J connectivity index is 1.68. The maximum absolute atomic E-state index is 12.7. The maximum atomic E-state index is 12.7. The molecule has 3 aromatic rings. The number of aliphatic hydroxyl groups excluding tert-OH is 1. The number of aryl methyl sites for hydroxylation is 1. The summed E-state index contributed by atoms with van der Waals surface area (Å²) in [6, 6.07) is 16.5. The summed E-state index contributed by atoms with van der Waals surface area (Å²) in [6.45, 7) is 3.16. The molecule has 1 N–H and O–H groups in total. The van der Waals surface area contributed by atoms with Crippen LogP contribution in [-0.4, -0.2) is 37.0 Å². The van der Waals surface area contributed by atoms with Crippen molar-refractivity contribution in [3.8, 4) is 23.0 Å². The summed E-state index contributed by atoms with van der Waals surface area (Å²) in [5, 5.41) is 10.1. The Morgan fingerprint density at radius 1 is 0.744 bits per heavy atom. The second-order valence-electron chi connectivity index (χ2n) is 8.26. The maximum Gasteiger partial charge on any atom is 0.347 e. The third-order valence-corrected chi connectivity index (χ3v) is 5.36. The Morgan fingerprint density at radius 2 is 1.38 bits per heavy atom. The summed E-state index contributed by atoms with van der Waals surface area (Å²) in [4.78, 5) is 36.3. The summed E-state index contributed by atoms with van der Waals surface area (Å²) in [5.41, 5.74) is 2.47. The first-order valence-corrected chi connectivity index (χ1v) is 11.8. The Hall–Kier alpha value is -5.11. The van der Waals surface area contributed by atoms with Crippen LogP contribution in [-0.2, 0) is 9.59 Å². The van der Waals surface area contributed by atoms with Crippen molar-refractivity contribution in [2.75, 3.05) is 14.2 Å². The van der Waals surface area contributed by atoms with Gasteiger partial charge in [-0.15, -0.1) is 0 Å². The predicted molar refractivity (Wildman–Crippen MR) is 147 cm³/mol. The van der Waals surface area contributed by atoms with E-state index in [1.807, 2.05) is 25.1 Å². The zero-order chi connectivity index (χ0) is 28.4. The van der Waals surface area contributed by atoms with Gasteiger partial charge in [0.05, 0.1) is 14.2 Å². The lowest BCUT2D eigenvalue weighted by atomic mass is 10.1. The Bertz CT molecular complexity index is 1460. The number of carbonyl (C=O) groups is 3. The molecule has 0 amide bonds. The van der Waals surface area contributed by atoms with Gasteiger partial charge in [0.1, 0.15) is 22.8 Å². The molecule has 0 radical (unpaired) electrons. The van der Waals surface area contributed by atoms with Gasteiger partial charge in [-0.1, -0.05) is 42.5 Å². The van der Waals surface area contributed by atoms with Crippen molar-refractivity contribution in [2.24, 2.45) is 0 Å². The molecule has 8 nitrogen and oxygen atoms in total. The van der Waals surface area contributed by atoms with E-state index in [1.165, 1.54) is 50.5 Å². The van der Waals surface area contributed by atoms with Gasteiger partial charge >= 0.3 is 11.9 Å². The van der Waals surface area contributed by atoms with Crippen molar-refractivity contribution in [1.82, 2.24) is 0 Å². The van der Waals surface area contributed by atoms with Crippen LogP contribution in [0.1, 0.15) is 34.0 Å². The first kappa shape index (κ1) is 28.5. The summed E-state index contributed by atoms with van der Waals surface area (Å²) in [7, 11) is 3.00. The van der Waals surface area contributed by atoms with Gasteiger partial charge in [-0.2, -0.15) is 0 Å². The van der Waals surface area contributed by atoms with Crippen LogP contribution in [0.3, 0.4) is 0 Å². The molecule has 0 spiro atoms. The molecule has 0 unspecified atom stereocenters. The zero-order valence-electron chi connectivity index (χ0n) is 22.0. The topological polar surface area (TPSA) is 108 Å². The quantitative estimate of drug-likeness (QED) is 0.114. The Kier molecular flexibility index (Phi) is 9.81. The number of aliphatic hydroxyl groups is 1. The molecule has 0 aliphatic rings. The summed E-state index contributed by atoms with van der Waals surface area (Å²) < 4.78 is 21.1. The number of ether oxygens (including phenoxy) is 4. The molecule has 39 heavy (non-hydrogen) atoms. The third-order valence-electron chi connectivity index (χ3n) is 5.36. The van der Waals surface area contributed by atoms with Gasteiger partial charge in [0.2, 0.25) is 0 Å². The van der Waals surface area contributed by atoms with Crippen LogP contribution >= 0.6 is 0 Å². The lowest BCUT2D eigenvalue weighted by molar-refractivity contribution is -0.131. The first-order chi connectivity index (χ1) is 18.7. The monoisotopic (exact) mass is 528 g/mol. The van der Waals surface area contributed by atoms with E-state index in [-0.39, 0.29) is 28.6 Å². The fraction of sp³-hybridized carbons (Fsp3) is 0.129. The van der Waals surface area contributed by atoms with E-state index in [0.717, 1.165) is 23.0 Å². The number of hydrogen-bond acceptors (Lipinski definition) is 8. The van der Waals surface area contributed by atoms with E-state index in [9.17, 15) is 19.5 Å². The number of esters is 2. The highest BCUT2D eigenvalue weighted by molar-refractivity contribution is 6.02. The molecule has 0 saturated carbocycles. The van der Waals surface area contributed by atoms with Crippen LogP contribution in [0, 0.1) is 6.92 Å². The van der Waals surface area contributed by atoms with Crippen molar-refractivity contribution >= 4 is 29.9 Å². The molecule has 200 valence electrons. The minimum atomic E-state index is -0.735. The zero-order valence-corrected chi connectivity index (χ0v) is 22.0. The van der Waals surface area contributed by atoms with Gasteiger partial charge in [-0.3, -0.25) is 9.59 Å². The molecular weight excluding hydrogens is 500 g/mol. The largest absolute Gasteiger partial charge is 0.508 e. The number of ketones is 1. The lowest BCUT2D eigenvalue weighted by Gasteiger charge is -2.12. The lowest BCUT2D eigenvalue weighted by Crippen LogP contribution is -2.13. The van der Waals surface area contributed by atoms with Crippen LogP contribution in [0.2, 0.25) is 0 Å². The molecule has 0 bridgehead atoms. The summed E-state index contributed by atoms with van der Waals surface area (Å²) in [6.07, 6.45) is 6.99. The number of benzene rings is 3. The highest BCUT2D eigenvalue weighted by atomic mass is 16.6. The number of rotatable bonds is 10. The normalized spacial score (nSPS) is 11.4. The number of para-hydroxylation sites is 1. The number of carbonyl (C=O) groups excluding carboxylic acids is 3. The van der Waals surface area contributed by atoms with Crippen molar-refractivity contribution in [3.05, 3.63) is 107 Å². The molecule has 0 atom stereocenters. The molecule has 3 aromatic carbocycles. The van der Waals surface area contributed by atoms with E-state index in [2.05, 4.69) is 0 Å². The second-order valence-corrected chi connectivity index (χ2v) is 8.26. The van der Waals surface area contributed by atoms with Crippen LogP contribution in [0.5, 0.6) is 23.0 Å². The van der Waals surface area contributed by atoms with Gasteiger partial charge in [-0.05, 0) is 66.1 Å². The third kappa shape index (κ3) is 8.19. The molecule has 0 heterocycles. The average molecular weight is 529 g/mol. The first-order valence-electron chi connectivity index (χ1n) is 11.8. The molecule has 0 aliphatic carbocycles. The smallest absolute Gasteiger partial charge is 0.347 e. The minimum Gasteiger partial charge on any atom is -0.508 e. The van der Waals surface area contributed by atoms with Gasteiger partial charge < -0.3 is 24.1 Å². The van der Waals surface area contributed by atoms with Crippen molar-refractivity contribution in [3.63, 3.8) is 0 Å². The van der Waals surface area contributed by atoms with Crippen LogP contribution in [0.4, 0.5) is 0 Å². The van der Waals surface area contributed by atoms with E-state index in [1.54, 1.807) is 37.5 Å². The minimum absolute atomic E-state index is 0.0754. The molecule has 8 heteroatoms. The van der Waals surface area contributed by atoms with E-state index < -0.39 is 17.7 Å². The predicted octanol–water partition coefficient (Wildman–Crippen LogP) is 5.89. The molecule has 3 rings (SSSR count). The van der Waals surface area contributed by atoms with Gasteiger partial charge in [-0.25, -0.2) is 4.79 Å². The fourth-order valence-corrected chi connectivity index (χ4v) is 3.45. The molecule has 0 aromatic heterocycles. The fourth-order valence-electron chi connectivity index (χ4n) is 3.45. The van der Waals surface area contributed by atoms with Crippen molar-refractivity contribution in [1.29, 1.82) is 0 Å². The highest BCUT2D eigenvalue weighted by Gasteiger charge is 2.18. The Labute approximate surface area is 226 Å². The van der Waals surface area contributed by atoms with Crippen molar-refractivity contribution < 1.29 is 38.4 Å². The summed E-state index contributed by atoms with van der Waals surface area (Å²) in [5.74, 6) is -0.754. The van der Waals surface area contributed by atoms with Gasteiger partial charge in [0.25, 0.3) is 0 Å². The number of methoxy groups -OCH3 is 2. The highest BCUT2D eigenvalue weighted by Crippen LogP contribution is 2.30. The average Bonchev–Trinajstić information content (AvgIpc) is 2.91. The number of allylic oxidation sites excluding steroid dienone is 3. The van der Waals surface area contributed by atoms with Crippen LogP contribution in [0.15, 0.2) is 84.7 Å². The standard InChI is InChI=1S/C31H28O8/c1-20-9-10-22(17-29(20)36-3)11-14-24(33)19-25(34)15-12-23-13-16-28(30(18-23)37-4)39-31(35)26-7-5-6-8-27(26)38-21(2)32/h5-19,33H,1-4H3/b14-11+,15-12+,24-19-. The Morgan fingerprint density at radius 3 is 2.08 bits per heavy atom. The van der Waals surface area contributed by atoms with Crippen LogP contribution < -0.4 is 18.9 Å². The van der Waals surface area contributed by atoms with E-state index in [4.69, 9.17) is 18.9 Å². The van der Waals surface area contributed by atoms with Gasteiger partial charge in [0.15, 0.2) is 17.3 Å². The number of hydrogen-bond donors (Lipinski definition) is 1. The molecular formula is C31H28O8. The molecule has 0 saturated heterocycles. The second kappa shape index (κ2) is 13.4. The van der Waals surface area contributed by atoms with E-state index in [0.29, 0.717) is 5.56 Å². The molecule has 0 fully saturated rings. The van der Waals surface area contributed by atoms with Gasteiger partial charge in [0, 0.05) is 13.0 Å². The SMILES string of the molecule is COc1cc(/C=C/C(O)=C/C(=O)/C=C/c2ccc(OC(=O)c3ccccc3OC(C)=O)c(OC)c2)ccc1C. The van der Waals surface area contributed by atoms with Crippen LogP contribution in [0.25, 0.3) is 12.2 Å². The van der Waals surface area contributed by atoms with Crippen molar-refractivity contribution in [2.45, 2.75) is 13.8 Å². The molecule has 0 aliphatic heterocycles.